The maximum Gasteiger partial charge on any atom is 0.314 e. The van der Waals surface area contributed by atoms with E-state index in [4.69, 9.17) is 4.74 Å². The number of rotatable bonds is 5. The first-order valence-electron chi connectivity index (χ1n) is 6.09. The Hall–Kier alpha value is -1.00. The van der Waals surface area contributed by atoms with E-state index in [1.807, 2.05) is 23.9 Å². The molecule has 1 aromatic rings. The standard InChI is InChI=1S/C14H18O3S/c1-10(2)18-12-5-3-11(4-6-12)7-14(13(15)16)8-17-9-14/h3-6,10H,7-9H2,1-2H3,(H,15,16). The molecule has 1 fully saturated rings. The quantitative estimate of drug-likeness (QED) is 0.832. The van der Waals surface area contributed by atoms with Crippen molar-refractivity contribution in [2.24, 2.45) is 5.41 Å². The topological polar surface area (TPSA) is 46.5 Å². The number of thioether (sulfide) groups is 1. The van der Waals surface area contributed by atoms with E-state index < -0.39 is 11.4 Å². The normalized spacial score (nSPS) is 17.5. The first kappa shape index (κ1) is 13.4. The van der Waals surface area contributed by atoms with Crippen molar-refractivity contribution in [3.8, 4) is 0 Å². The zero-order valence-electron chi connectivity index (χ0n) is 10.7. The van der Waals surface area contributed by atoms with Crippen molar-refractivity contribution in [1.82, 2.24) is 0 Å². The second-order valence-electron chi connectivity index (χ2n) is 5.07. The SMILES string of the molecule is CC(C)Sc1ccc(CC2(C(=O)O)COC2)cc1. The van der Waals surface area contributed by atoms with E-state index in [9.17, 15) is 9.90 Å². The lowest BCUT2D eigenvalue weighted by molar-refractivity contribution is -0.179. The minimum atomic E-state index is -0.755. The highest BCUT2D eigenvalue weighted by Gasteiger charge is 2.46. The van der Waals surface area contributed by atoms with Gasteiger partial charge in [0.25, 0.3) is 0 Å². The summed E-state index contributed by atoms with van der Waals surface area (Å²) >= 11 is 1.81. The highest BCUT2D eigenvalue weighted by molar-refractivity contribution is 7.99. The molecular formula is C14H18O3S. The van der Waals surface area contributed by atoms with Crippen molar-refractivity contribution in [1.29, 1.82) is 0 Å². The highest BCUT2D eigenvalue weighted by Crippen LogP contribution is 2.33. The van der Waals surface area contributed by atoms with Crippen LogP contribution in [0.4, 0.5) is 0 Å². The molecule has 0 spiro atoms. The maximum atomic E-state index is 11.2. The molecule has 18 heavy (non-hydrogen) atoms. The van der Waals surface area contributed by atoms with Gasteiger partial charge in [-0.15, -0.1) is 11.8 Å². The van der Waals surface area contributed by atoms with Crippen molar-refractivity contribution >= 4 is 17.7 Å². The van der Waals surface area contributed by atoms with Gasteiger partial charge in [0.2, 0.25) is 0 Å². The van der Waals surface area contributed by atoms with Gasteiger partial charge >= 0.3 is 5.97 Å². The number of carboxylic acid groups (broad SMARTS) is 1. The molecule has 1 aromatic carbocycles. The lowest BCUT2D eigenvalue weighted by Crippen LogP contribution is -2.50. The van der Waals surface area contributed by atoms with Crippen LogP contribution in [0, 0.1) is 5.41 Å². The van der Waals surface area contributed by atoms with Crippen molar-refractivity contribution in [3.05, 3.63) is 29.8 Å². The molecule has 0 bridgehead atoms. The summed E-state index contributed by atoms with van der Waals surface area (Å²) in [5, 5.41) is 9.79. The fourth-order valence-electron chi connectivity index (χ4n) is 2.00. The van der Waals surface area contributed by atoms with Gasteiger partial charge in [-0.25, -0.2) is 0 Å². The highest BCUT2D eigenvalue weighted by atomic mass is 32.2. The number of ether oxygens (including phenoxy) is 1. The van der Waals surface area contributed by atoms with Crippen LogP contribution in [0.25, 0.3) is 0 Å². The van der Waals surface area contributed by atoms with Crippen LogP contribution in [0.1, 0.15) is 19.4 Å². The second kappa shape index (κ2) is 5.33. The molecule has 0 atom stereocenters. The van der Waals surface area contributed by atoms with E-state index in [1.54, 1.807) is 0 Å². The van der Waals surface area contributed by atoms with Gasteiger partial charge in [-0.1, -0.05) is 26.0 Å². The Kier molecular flexibility index (Phi) is 3.97. The Labute approximate surface area is 112 Å². The Morgan fingerprint density at radius 1 is 1.39 bits per heavy atom. The zero-order chi connectivity index (χ0) is 13.2. The number of carbonyl (C=O) groups is 1. The Bertz CT molecular complexity index is 421. The average Bonchev–Trinajstić information content (AvgIpc) is 2.24. The fourth-order valence-corrected chi connectivity index (χ4v) is 2.84. The van der Waals surface area contributed by atoms with Crippen LogP contribution in [0.15, 0.2) is 29.2 Å². The molecule has 1 aliphatic rings. The summed E-state index contributed by atoms with van der Waals surface area (Å²) in [6.45, 7) is 4.96. The molecule has 98 valence electrons. The molecule has 1 saturated heterocycles. The molecule has 0 saturated carbocycles. The van der Waals surface area contributed by atoms with E-state index >= 15 is 0 Å². The molecule has 0 aliphatic carbocycles. The number of aliphatic carboxylic acids is 1. The molecule has 0 amide bonds. The van der Waals surface area contributed by atoms with E-state index in [1.165, 1.54) is 4.90 Å². The van der Waals surface area contributed by atoms with Gasteiger partial charge in [0.05, 0.1) is 13.2 Å². The lowest BCUT2D eigenvalue weighted by Gasteiger charge is -2.37. The van der Waals surface area contributed by atoms with Crippen molar-refractivity contribution in [3.63, 3.8) is 0 Å². The molecule has 4 heteroatoms. The average molecular weight is 266 g/mol. The van der Waals surface area contributed by atoms with Crippen LogP contribution in [0.2, 0.25) is 0 Å². The van der Waals surface area contributed by atoms with Crippen molar-refractivity contribution in [2.45, 2.75) is 30.4 Å². The fraction of sp³-hybridized carbons (Fsp3) is 0.500. The first-order valence-corrected chi connectivity index (χ1v) is 6.96. The smallest absolute Gasteiger partial charge is 0.314 e. The monoisotopic (exact) mass is 266 g/mol. The summed E-state index contributed by atoms with van der Waals surface area (Å²) in [7, 11) is 0. The zero-order valence-corrected chi connectivity index (χ0v) is 11.5. The van der Waals surface area contributed by atoms with Gasteiger partial charge in [-0.05, 0) is 24.1 Å². The van der Waals surface area contributed by atoms with Crippen LogP contribution in [0.5, 0.6) is 0 Å². The Morgan fingerprint density at radius 3 is 2.39 bits per heavy atom. The summed E-state index contributed by atoms with van der Waals surface area (Å²) in [6, 6.07) is 8.17. The Balaban J connectivity index is 2.04. The summed E-state index contributed by atoms with van der Waals surface area (Å²) in [5.74, 6) is -0.755. The number of hydrogen-bond donors (Lipinski definition) is 1. The first-order chi connectivity index (χ1) is 8.52. The minimum Gasteiger partial charge on any atom is -0.481 e. The maximum absolute atomic E-state index is 11.2. The Morgan fingerprint density at radius 2 is 2.00 bits per heavy atom. The molecular weight excluding hydrogens is 248 g/mol. The van der Waals surface area contributed by atoms with Gasteiger partial charge in [0.1, 0.15) is 5.41 Å². The lowest BCUT2D eigenvalue weighted by atomic mass is 9.80. The van der Waals surface area contributed by atoms with Crippen LogP contribution < -0.4 is 0 Å². The third-order valence-corrected chi connectivity index (χ3v) is 4.06. The van der Waals surface area contributed by atoms with Crippen molar-refractivity contribution in [2.75, 3.05) is 13.2 Å². The van der Waals surface area contributed by atoms with Crippen LogP contribution in [-0.4, -0.2) is 29.5 Å². The van der Waals surface area contributed by atoms with Crippen LogP contribution in [0.3, 0.4) is 0 Å². The predicted octanol–water partition coefficient (Wildman–Crippen LogP) is 2.83. The predicted molar refractivity (Wildman–Crippen MR) is 72.0 cm³/mol. The summed E-state index contributed by atoms with van der Waals surface area (Å²) in [5.41, 5.74) is 0.362. The van der Waals surface area contributed by atoms with Crippen molar-refractivity contribution < 1.29 is 14.6 Å². The van der Waals surface area contributed by atoms with Gasteiger partial charge < -0.3 is 9.84 Å². The third kappa shape index (κ3) is 2.87. The number of benzene rings is 1. The number of carboxylic acids is 1. The van der Waals surface area contributed by atoms with Gasteiger partial charge in [-0.2, -0.15) is 0 Å². The second-order valence-corrected chi connectivity index (χ2v) is 6.72. The molecule has 2 rings (SSSR count). The minimum absolute atomic E-state index is 0.324. The van der Waals surface area contributed by atoms with Gasteiger partial charge in [-0.3, -0.25) is 4.79 Å². The summed E-state index contributed by atoms with van der Waals surface area (Å²) < 4.78 is 5.06. The molecule has 0 radical (unpaired) electrons. The van der Waals surface area contributed by atoms with E-state index in [2.05, 4.69) is 26.0 Å². The molecule has 1 N–H and O–H groups in total. The summed E-state index contributed by atoms with van der Waals surface area (Å²) in [4.78, 5) is 12.5. The molecule has 0 unspecified atom stereocenters. The molecule has 0 aromatic heterocycles. The molecule has 1 heterocycles. The van der Waals surface area contributed by atoms with E-state index in [-0.39, 0.29) is 0 Å². The van der Waals surface area contributed by atoms with Crippen LogP contribution in [-0.2, 0) is 16.0 Å². The van der Waals surface area contributed by atoms with Gasteiger partial charge in [0.15, 0.2) is 0 Å². The van der Waals surface area contributed by atoms with E-state index in [0.29, 0.717) is 24.9 Å². The van der Waals surface area contributed by atoms with Gasteiger partial charge in [0, 0.05) is 10.1 Å². The molecule has 1 aliphatic heterocycles. The number of hydrogen-bond acceptors (Lipinski definition) is 3. The summed E-state index contributed by atoms with van der Waals surface area (Å²) in [6.07, 6.45) is 0.551. The third-order valence-electron chi connectivity index (χ3n) is 3.05. The van der Waals surface area contributed by atoms with E-state index in [0.717, 1.165) is 5.56 Å². The largest absolute Gasteiger partial charge is 0.481 e. The van der Waals surface area contributed by atoms with Crippen LogP contribution >= 0.6 is 11.8 Å². The molecule has 3 nitrogen and oxygen atoms in total.